The lowest BCUT2D eigenvalue weighted by Crippen LogP contribution is -2.27. The lowest BCUT2D eigenvalue weighted by molar-refractivity contribution is -0.117. The molecule has 1 heterocycles. The maximum absolute atomic E-state index is 11.8. The van der Waals surface area contributed by atoms with E-state index in [1.54, 1.807) is 4.90 Å². The lowest BCUT2D eigenvalue weighted by atomic mass is 10.2. The Hall–Kier alpha value is -1.55. The summed E-state index contributed by atoms with van der Waals surface area (Å²) in [6.07, 6.45) is 2.58. The number of ether oxygens (including phenoxy) is 1. The molecule has 98 valence electrons. The fourth-order valence-corrected chi connectivity index (χ4v) is 2.06. The first-order chi connectivity index (χ1) is 8.70. The summed E-state index contributed by atoms with van der Waals surface area (Å²) in [6.45, 7) is 3.44. The SMILES string of the molecule is CCCCOc1cccc(N2CC(N)CC2=O)c1. The van der Waals surface area contributed by atoms with Crippen LogP contribution in [0.3, 0.4) is 0 Å². The molecular weight excluding hydrogens is 228 g/mol. The highest BCUT2D eigenvalue weighted by Crippen LogP contribution is 2.25. The first-order valence-corrected chi connectivity index (χ1v) is 6.49. The van der Waals surface area contributed by atoms with Crippen LogP contribution in [0.5, 0.6) is 5.75 Å². The van der Waals surface area contributed by atoms with Gasteiger partial charge in [-0.3, -0.25) is 4.79 Å². The van der Waals surface area contributed by atoms with E-state index in [4.69, 9.17) is 10.5 Å². The highest BCUT2D eigenvalue weighted by atomic mass is 16.5. The normalized spacial score (nSPS) is 19.3. The second kappa shape index (κ2) is 5.87. The molecule has 1 unspecified atom stereocenters. The Bertz CT molecular complexity index is 420. The van der Waals surface area contributed by atoms with Crippen LogP contribution in [0.4, 0.5) is 5.69 Å². The topological polar surface area (TPSA) is 55.6 Å². The molecular formula is C14H20N2O2. The minimum Gasteiger partial charge on any atom is -0.494 e. The highest BCUT2D eigenvalue weighted by molar-refractivity contribution is 5.96. The quantitative estimate of drug-likeness (QED) is 0.810. The van der Waals surface area contributed by atoms with Gasteiger partial charge in [0.05, 0.1) is 6.61 Å². The van der Waals surface area contributed by atoms with E-state index in [0.717, 1.165) is 24.3 Å². The molecule has 1 fully saturated rings. The Morgan fingerprint density at radius 3 is 3.00 bits per heavy atom. The molecule has 1 aromatic rings. The molecule has 18 heavy (non-hydrogen) atoms. The van der Waals surface area contributed by atoms with Gasteiger partial charge in [0.1, 0.15) is 5.75 Å². The molecule has 2 rings (SSSR count). The van der Waals surface area contributed by atoms with Crippen molar-refractivity contribution in [1.82, 2.24) is 0 Å². The molecule has 0 bridgehead atoms. The highest BCUT2D eigenvalue weighted by Gasteiger charge is 2.28. The largest absolute Gasteiger partial charge is 0.494 e. The molecule has 1 aliphatic rings. The number of hydrogen-bond acceptors (Lipinski definition) is 3. The van der Waals surface area contributed by atoms with E-state index < -0.39 is 0 Å². The minimum atomic E-state index is -0.0536. The fraction of sp³-hybridized carbons (Fsp3) is 0.500. The first kappa shape index (κ1) is 12.9. The second-order valence-corrected chi connectivity index (χ2v) is 4.67. The van der Waals surface area contributed by atoms with Gasteiger partial charge in [-0.2, -0.15) is 0 Å². The number of rotatable bonds is 5. The van der Waals surface area contributed by atoms with Crippen LogP contribution in [0.15, 0.2) is 24.3 Å². The van der Waals surface area contributed by atoms with Crippen LogP contribution in [0.2, 0.25) is 0 Å². The molecule has 1 saturated heterocycles. The molecule has 4 heteroatoms. The third kappa shape index (κ3) is 3.01. The van der Waals surface area contributed by atoms with Crippen molar-refractivity contribution in [2.24, 2.45) is 5.73 Å². The molecule has 1 atom stereocenters. The third-order valence-electron chi connectivity index (χ3n) is 3.05. The molecule has 0 spiro atoms. The summed E-state index contributed by atoms with van der Waals surface area (Å²) in [5.74, 6) is 0.905. The number of benzene rings is 1. The molecule has 4 nitrogen and oxygen atoms in total. The smallest absolute Gasteiger partial charge is 0.228 e. The Kier molecular flexibility index (Phi) is 4.20. The summed E-state index contributed by atoms with van der Waals surface area (Å²) < 4.78 is 5.64. The van der Waals surface area contributed by atoms with Crippen molar-refractivity contribution >= 4 is 11.6 Å². The summed E-state index contributed by atoms with van der Waals surface area (Å²) in [7, 11) is 0. The fourth-order valence-electron chi connectivity index (χ4n) is 2.06. The summed E-state index contributed by atoms with van der Waals surface area (Å²) in [4.78, 5) is 13.5. The first-order valence-electron chi connectivity index (χ1n) is 6.49. The van der Waals surface area contributed by atoms with Crippen molar-refractivity contribution in [3.63, 3.8) is 0 Å². The van der Waals surface area contributed by atoms with Crippen LogP contribution in [0.25, 0.3) is 0 Å². The van der Waals surface area contributed by atoms with Crippen molar-refractivity contribution < 1.29 is 9.53 Å². The maximum atomic E-state index is 11.8. The van der Waals surface area contributed by atoms with E-state index in [1.807, 2.05) is 24.3 Å². The summed E-state index contributed by atoms with van der Waals surface area (Å²) in [5.41, 5.74) is 6.67. The zero-order valence-corrected chi connectivity index (χ0v) is 10.8. The Morgan fingerprint density at radius 1 is 1.50 bits per heavy atom. The van der Waals surface area contributed by atoms with Crippen molar-refractivity contribution in [2.75, 3.05) is 18.1 Å². The standard InChI is InChI=1S/C14H20N2O2/c1-2-3-7-18-13-6-4-5-12(9-13)16-10-11(15)8-14(16)17/h4-6,9,11H,2-3,7-8,10,15H2,1H3. The monoisotopic (exact) mass is 248 g/mol. The van der Waals surface area contributed by atoms with E-state index in [0.29, 0.717) is 19.6 Å². The van der Waals surface area contributed by atoms with Crippen LogP contribution >= 0.6 is 0 Å². The third-order valence-corrected chi connectivity index (χ3v) is 3.05. The average Bonchev–Trinajstić information content (AvgIpc) is 2.69. The summed E-state index contributed by atoms with van der Waals surface area (Å²) in [6, 6.07) is 7.60. The molecule has 2 N–H and O–H groups in total. The van der Waals surface area contributed by atoms with Crippen LogP contribution < -0.4 is 15.4 Å². The number of anilines is 1. The van der Waals surface area contributed by atoms with Gasteiger partial charge in [-0.25, -0.2) is 0 Å². The number of hydrogen-bond donors (Lipinski definition) is 1. The van der Waals surface area contributed by atoms with Crippen molar-refractivity contribution in [3.05, 3.63) is 24.3 Å². The average molecular weight is 248 g/mol. The van der Waals surface area contributed by atoms with Gasteiger partial charge in [-0.15, -0.1) is 0 Å². The van der Waals surface area contributed by atoms with Gasteiger partial charge in [0, 0.05) is 30.8 Å². The van der Waals surface area contributed by atoms with Gasteiger partial charge in [0.15, 0.2) is 0 Å². The second-order valence-electron chi connectivity index (χ2n) is 4.67. The van der Waals surface area contributed by atoms with Crippen LogP contribution in [0, 0.1) is 0 Å². The summed E-state index contributed by atoms with van der Waals surface area (Å²) >= 11 is 0. The van der Waals surface area contributed by atoms with Crippen LogP contribution in [-0.4, -0.2) is 25.1 Å². The maximum Gasteiger partial charge on any atom is 0.228 e. The van der Waals surface area contributed by atoms with Crippen LogP contribution in [0.1, 0.15) is 26.2 Å². The number of carbonyl (C=O) groups excluding carboxylic acids is 1. The van der Waals surface area contributed by atoms with Crippen molar-refractivity contribution in [3.8, 4) is 5.75 Å². The van der Waals surface area contributed by atoms with E-state index >= 15 is 0 Å². The van der Waals surface area contributed by atoms with Gasteiger partial charge in [0.2, 0.25) is 5.91 Å². The van der Waals surface area contributed by atoms with Gasteiger partial charge in [0.25, 0.3) is 0 Å². The molecule has 0 aliphatic carbocycles. The van der Waals surface area contributed by atoms with E-state index in [-0.39, 0.29) is 11.9 Å². The van der Waals surface area contributed by atoms with Gasteiger partial charge < -0.3 is 15.4 Å². The molecule has 1 aliphatic heterocycles. The van der Waals surface area contributed by atoms with E-state index in [9.17, 15) is 4.79 Å². The summed E-state index contributed by atoms with van der Waals surface area (Å²) in [5, 5.41) is 0. The zero-order valence-electron chi connectivity index (χ0n) is 10.8. The number of carbonyl (C=O) groups is 1. The van der Waals surface area contributed by atoms with E-state index in [1.165, 1.54) is 0 Å². The van der Waals surface area contributed by atoms with E-state index in [2.05, 4.69) is 6.92 Å². The van der Waals surface area contributed by atoms with Gasteiger partial charge in [-0.1, -0.05) is 19.4 Å². The molecule has 0 radical (unpaired) electrons. The zero-order chi connectivity index (χ0) is 13.0. The Morgan fingerprint density at radius 2 is 2.33 bits per heavy atom. The molecule has 0 aromatic heterocycles. The van der Waals surface area contributed by atoms with Gasteiger partial charge >= 0.3 is 0 Å². The predicted molar refractivity (Wildman–Crippen MR) is 71.8 cm³/mol. The predicted octanol–water partition coefficient (Wildman–Crippen LogP) is 1.93. The van der Waals surface area contributed by atoms with Crippen molar-refractivity contribution in [2.45, 2.75) is 32.2 Å². The van der Waals surface area contributed by atoms with Crippen molar-refractivity contribution in [1.29, 1.82) is 0 Å². The molecule has 0 saturated carbocycles. The Balaban J connectivity index is 2.05. The van der Waals surface area contributed by atoms with Crippen LogP contribution in [-0.2, 0) is 4.79 Å². The number of nitrogens with two attached hydrogens (primary N) is 1. The molecule has 1 aromatic carbocycles. The lowest BCUT2D eigenvalue weighted by Gasteiger charge is -2.17. The van der Waals surface area contributed by atoms with Gasteiger partial charge in [-0.05, 0) is 18.6 Å². The minimum absolute atomic E-state index is 0.0536. The molecule has 1 amide bonds. The number of amides is 1. The number of unbranched alkanes of at least 4 members (excludes halogenated alkanes) is 1. The number of nitrogens with zero attached hydrogens (tertiary/aromatic N) is 1. The Labute approximate surface area is 108 Å².